The molecule has 0 aliphatic rings. The molecular weight excluding hydrogens is 384 g/mol. The Balaban J connectivity index is 1.83. The molecule has 0 unspecified atom stereocenters. The number of aromatic hydroxyl groups is 1. The Hall–Kier alpha value is -4.14. The Kier molecular flexibility index (Phi) is 4.93. The molecule has 30 heavy (non-hydrogen) atoms. The minimum absolute atomic E-state index is 0.0945. The van der Waals surface area contributed by atoms with Crippen LogP contribution in [0.2, 0.25) is 0 Å². The van der Waals surface area contributed by atoms with Crippen molar-refractivity contribution in [2.24, 2.45) is 19.2 Å². The zero-order valence-corrected chi connectivity index (χ0v) is 16.5. The highest BCUT2D eigenvalue weighted by molar-refractivity contribution is 5.84. The molecule has 0 spiro atoms. The summed E-state index contributed by atoms with van der Waals surface area (Å²) >= 11 is 0. The maximum absolute atomic E-state index is 12.9. The first-order valence-corrected chi connectivity index (χ1v) is 9.24. The smallest absolute Gasteiger partial charge is 0.332 e. The van der Waals surface area contributed by atoms with Crippen molar-refractivity contribution in [1.82, 2.24) is 18.7 Å². The Bertz CT molecular complexity index is 1370. The molecule has 9 heteroatoms. The molecule has 0 atom stereocenters. The van der Waals surface area contributed by atoms with Crippen molar-refractivity contribution in [3.8, 4) is 5.75 Å². The lowest BCUT2D eigenvalue weighted by atomic mass is 10.2. The van der Waals surface area contributed by atoms with E-state index in [0.29, 0.717) is 23.6 Å². The summed E-state index contributed by atoms with van der Waals surface area (Å²) in [7, 11) is 3.01. The zero-order chi connectivity index (χ0) is 21.3. The molecule has 0 aliphatic heterocycles. The van der Waals surface area contributed by atoms with Gasteiger partial charge in [0.05, 0.1) is 12.8 Å². The first-order chi connectivity index (χ1) is 14.5. The number of anilines is 1. The van der Waals surface area contributed by atoms with Crippen molar-refractivity contribution >= 4 is 23.3 Å². The van der Waals surface area contributed by atoms with Gasteiger partial charge in [0.1, 0.15) is 5.75 Å². The van der Waals surface area contributed by atoms with Gasteiger partial charge in [-0.3, -0.25) is 18.5 Å². The van der Waals surface area contributed by atoms with Gasteiger partial charge in [0.15, 0.2) is 11.2 Å². The van der Waals surface area contributed by atoms with Crippen LogP contribution in [0.5, 0.6) is 5.75 Å². The highest BCUT2D eigenvalue weighted by Crippen LogP contribution is 2.18. The number of imidazole rings is 1. The van der Waals surface area contributed by atoms with Crippen molar-refractivity contribution in [2.75, 3.05) is 5.43 Å². The van der Waals surface area contributed by atoms with Crippen LogP contribution in [-0.4, -0.2) is 30.0 Å². The fourth-order valence-corrected chi connectivity index (χ4v) is 3.21. The van der Waals surface area contributed by atoms with E-state index in [4.69, 9.17) is 0 Å². The lowest BCUT2D eigenvalue weighted by Gasteiger charge is -2.09. The van der Waals surface area contributed by atoms with Crippen LogP contribution < -0.4 is 16.7 Å². The van der Waals surface area contributed by atoms with Crippen LogP contribution in [0.15, 0.2) is 69.3 Å². The van der Waals surface area contributed by atoms with Crippen LogP contribution in [0.25, 0.3) is 11.2 Å². The first kappa shape index (κ1) is 19.2. The molecule has 2 N–H and O–H groups in total. The second-order valence-electron chi connectivity index (χ2n) is 6.81. The summed E-state index contributed by atoms with van der Waals surface area (Å²) < 4.78 is 4.07. The number of hydrogen-bond acceptors (Lipinski definition) is 6. The minimum Gasteiger partial charge on any atom is -0.507 e. The lowest BCUT2D eigenvalue weighted by molar-refractivity contribution is 0.474. The average molecular weight is 404 g/mol. The van der Waals surface area contributed by atoms with Gasteiger partial charge in [0.2, 0.25) is 5.95 Å². The highest BCUT2D eigenvalue weighted by atomic mass is 16.3. The molecule has 4 rings (SSSR count). The Morgan fingerprint density at radius 2 is 1.73 bits per heavy atom. The molecule has 152 valence electrons. The highest BCUT2D eigenvalue weighted by Gasteiger charge is 2.19. The van der Waals surface area contributed by atoms with Gasteiger partial charge in [0, 0.05) is 19.7 Å². The van der Waals surface area contributed by atoms with E-state index in [1.165, 1.54) is 17.8 Å². The molecule has 2 heterocycles. The van der Waals surface area contributed by atoms with Crippen LogP contribution >= 0.6 is 0 Å². The van der Waals surface area contributed by atoms with E-state index in [1.54, 1.807) is 35.9 Å². The van der Waals surface area contributed by atoms with Gasteiger partial charge in [-0.25, -0.2) is 10.2 Å². The van der Waals surface area contributed by atoms with Gasteiger partial charge in [-0.15, -0.1) is 0 Å². The molecule has 0 fully saturated rings. The number of aryl methyl sites for hydroxylation is 1. The molecule has 0 amide bonds. The maximum Gasteiger partial charge on any atom is 0.332 e. The predicted molar refractivity (Wildman–Crippen MR) is 115 cm³/mol. The number of rotatable bonds is 5. The van der Waals surface area contributed by atoms with Crippen LogP contribution in [0.4, 0.5) is 5.95 Å². The number of aromatic nitrogens is 4. The van der Waals surface area contributed by atoms with Gasteiger partial charge in [0.25, 0.3) is 5.56 Å². The van der Waals surface area contributed by atoms with E-state index >= 15 is 0 Å². The average Bonchev–Trinajstić information content (AvgIpc) is 3.11. The van der Waals surface area contributed by atoms with Crippen LogP contribution in [0.3, 0.4) is 0 Å². The fraction of sp³-hybridized carbons (Fsp3) is 0.143. The van der Waals surface area contributed by atoms with Gasteiger partial charge in [-0.1, -0.05) is 42.5 Å². The van der Waals surface area contributed by atoms with Crippen molar-refractivity contribution in [3.05, 3.63) is 86.6 Å². The van der Waals surface area contributed by atoms with E-state index in [2.05, 4.69) is 15.5 Å². The third-order valence-corrected chi connectivity index (χ3v) is 4.84. The first-order valence-electron chi connectivity index (χ1n) is 9.24. The van der Waals surface area contributed by atoms with E-state index in [9.17, 15) is 14.7 Å². The third-order valence-electron chi connectivity index (χ3n) is 4.84. The molecule has 2 aromatic carbocycles. The SMILES string of the molecule is Cn1c(=O)c2c(nc(N/N=C\c3ccccc3O)n2Cc2ccccc2)n(C)c1=O. The molecule has 9 nitrogen and oxygen atoms in total. The molecule has 0 aliphatic carbocycles. The summed E-state index contributed by atoms with van der Waals surface area (Å²) in [5.74, 6) is 0.399. The van der Waals surface area contributed by atoms with Crippen LogP contribution in [0, 0.1) is 0 Å². The molecule has 0 saturated heterocycles. The van der Waals surface area contributed by atoms with Crippen molar-refractivity contribution < 1.29 is 5.11 Å². The van der Waals surface area contributed by atoms with E-state index < -0.39 is 11.2 Å². The van der Waals surface area contributed by atoms with Crippen LogP contribution in [-0.2, 0) is 20.6 Å². The number of benzene rings is 2. The predicted octanol–water partition coefficient (Wildman–Crippen LogP) is 1.63. The van der Waals surface area contributed by atoms with E-state index in [1.807, 2.05) is 30.3 Å². The van der Waals surface area contributed by atoms with Gasteiger partial charge in [-0.05, 0) is 17.7 Å². The number of para-hydroxylation sites is 1. The monoisotopic (exact) mass is 404 g/mol. The van der Waals surface area contributed by atoms with Crippen molar-refractivity contribution in [3.63, 3.8) is 0 Å². The van der Waals surface area contributed by atoms with Crippen molar-refractivity contribution in [2.45, 2.75) is 6.54 Å². The number of hydrazone groups is 1. The topological polar surface area (TPSA) is 106 Å². The summed E-state index contributed by atoms with van der Waals surface area (Å²) in [6.07, 6.45) is 1.46. The Labute approximate surface area is 171 Å². The summed E-state index contributed by atoms with van der Waals surface area (Å²) in [6, 6.07) is 16.4. The number of hydrogen-bond donors (Lipinski definition) is 2. The summed E-state index contributed by atoms with van der Waals surface area (Å²) in [5.41, 5.74) is 3.99. The van der Waals surface area contributed by atoms with E-state index in [-0.39, 0.29) is 11.4 Å². The van der Waals surface area contributed by atoms with Gasteiger partial charge in [-0.2, -0.15) is 10.1 Å². The fourth-order valence-electron chi connectivity index (χ4n) is 3.21. The second-order valence-corrected chi connectivity index (χ2v) is 6.81. The number of phenols is 1. The summed E-state index contributed by atoms with van der Waals surface area (Å²) in [5, 5.41) is 14.0. The number of nitrogens with one attached hydrogen (secondary N) is 1. The Morgan fingerprint density at radius 1 is 1.03 bits per heavy atom. The number of phenolic OH excluding ortho intramolecular Hbond substituents is 1. The molecule has 0 bridgehead atoms. The summed E-state index contributed by atoms with van der Waals surface area (Å²) in [6.45, 7) is 0.360. The quantitative estimate of drug-likeness (QED) is 0.388. The Morgan fingerprint density at radius 3 is 2.47 bits per heavy atom. The number of nitrogens with zero attached hydrogens (tertiary/aromatic N) is 5. The standard InChI is InChI=1S/C21H20N6O3/c1-25-18-17(19(29)26(2)21(25)30)27(13-14-8-4-3-5-9-14)20(23-18)24-22-12-15-10-6-7-11-16(15)28/h3-12,28H,13H2,1-2H3,(H,23,24)/b22-12-. The maximum atomic E-state index is 12.9. The zero-order valence-electron chi connectivity index (χ0n) is 16.5. The molecule has 2 aromatic heterocycles. The second kappa shape index (κ2) is 7.70. The largest absolute Gasteiger partial charge is 0.507 e. The van der Waals surface area contributed by atoms with Gasteiger partial charge < -0.3 is 5.11 Å². The molecule has 4 aromatic rings. The lowest BCUT2D eigenvalue weighted by Crippen LogP contribution is -2.37. The molecular formula is C21H20N6O3. The van der Waals surface area contributed by atoms with Crippen LogP contribution in [0.1, 0.15) is 11.1 Å². The minimum atomic E-state index is -0.457. The normalized spacial score (nSPS) is 11.4. The van der Waals surface area contributed by atoms with Gasteiger partial charge >= 0.3 is 5.69 Å². The molecule has 0 radical (unpaired) electrons. The third kappa shape index (κ3) is 3.37. The van der Waals surface area contributed by atoms with E-state index in [0.717, 1.165) is 10.1 Å². The molecule has 0 saturated carbocycles. The van der Waals surface area contributed by atoms with Crippen molar-refractivity contribution in [1.29, 1.82) is 0 Å². The summed E-state index contributed by atoms with van der Waals surface area (Å²) in [4.78, 5) is 29.6. The number of fused-ring (bicyclic) bond motifs is 1.